The summed E-state index contributed by atoms with van der Waals surface area (Å²) >= 11 is 1.22. The second-order valence-corrected chi connectivity index (χ2v) is 3.86. The van der Waals surface area contributed by atoms with E-state index in [1.807, 2.05) is 0 Å². The minimum Gasteiger partial charge on any atom is -0.329 e. The summed E-state index contributed by atoms with van der Waals surface area (Å²) in [5, 5.41) is 0.0802. The number of aromatic nitrogens is 1. The fourth-order valence-corrected chi connectivity index (χ4v) is 1.33. The van der Waals surface area contributed by atoms with Gasteiger partial charge < -0.3 is 4.98 Å². The quantitative estimate of drug-likeness (QED) is 0.823. The second-order valence-electron chi connectivity index (χ2n) is 2.66. The van der Waals surface area contributed by atoms with Crippen LogP contribution in [0.4, 0.5) is 0 Å². The summed E-state index contributed by atoms with van der Waals surface area (Å²) in [5.74, 6) is 0.601. The molecule has 1 aromatic rings. The molecule has 1 aromatic heterocycles. The first-order valence-corrected chi connectivity index (χ1v) is 5.16. The number of H-pyrrole nitrogens is 1. The van der Waals surface area contributed by atoms with Gasteiger partial charge in [0.25, 0.3) is 5.56 Å². The van der Waals surface area contributed by atoms with E-state index in [2.05, 4.69) is 4.98 Å². The third-order valence-electron chi connectivity index (χ3n) is 1.53. The standard InChI is InChI=1S/C10H11NO2S/c1-8(12)14-7-3-5-9-4-2-6-11-10(9)13/h2-6H,7H2,1H3,(H,11,13). The van der Waals surface area contributed by atoms with E-state index in [1.165, 1.54) is 18.7 Å². The first-order valence-electron chi connectivity index (χ1n) is 4.18. The lowest BCUT2D eigenvalue weighted by atomic mass is 10.2. The molecule has 0 saturated heterocycles. The smallest absolute Gasteiger partial charge is 0.255 e. The highest BCUT2D eigenvalue weighted by Crippen LogP contribution is 2.02. The molecule has 0 radical (unpaired) electrons. The Bertz CT molecular complexity index is 395. The van der Waals surface area contributed by atoms with Crippen LogP contribution in [0.2, 0.25) is 0 Å². The molecule has 0 aromatic carbocycles. The minimum absolute atomic E-state index is 0.0802. The van der Waals surface area contributed by atoms with Crippen LogP contribution in [0.15, 0.2) is 29.2 Å². The SMILES string of the molecule is CC(=O)SCC=Cc1ccc[nH]c1=O. The van der Waals surface area contributed by atoms with Crippen LogP contribution in [-0.2, 0) is 4.79 Å². The summed E-state index contributed by atoms with van der Waals surface area (Å²) < 4.78 is 0. The number of hydrogen-bond acceptors (Lipinski definition) is 3. The monoisotopic (exact) mass is 209 g/mol. The van der Waals surface area contributed by atoms with Crippen molar-refractivity contribution in [3.05, 3.63) is 40.3 Å². The molecule has 0 bridgehead atoms. The Balaban J connectivity index is 2.56. The molecule has 4 heteroatoms. The van der Waals surface area contributed by atoms with Gasteiger partial charge in [-0.3, -0.25) is 9.59 Å². The molecule has 0 aliphatic heterocycles. The second kappa shape index (κ2) is 5.44. The Hall–Kier alpha value is -1.29. The van der Waals surface area contributed by atoms with Gasteiger partial charge in [-0.1, -0.05) is 23.9 Å². The molecule has 1 rings (SSSR count). The van der Waals surface area contributed by atoms with Crippen LogP contribution in [0.3, 0.4) is 0 Å². The molecule has 0 fully saturated rings. The van der Waals surface area contributed by atoms with Crippen LogP contribution < -0.4 is 5.56 Å². The average Bonchev–Trinajstić information content (AvgIpc) is 2.15. The maximum Gasteiger partial charge on any atom is 0.255 e. The number of aromatic amines is 1. The summed E-state index contributed by atoms with van der Waals surface area (Å²) in [7, 11) is 0. The largest absolute Gasteiger partial charge is 0.329 e. The lowest BCUT2D eigenvalue weighted by molar-refractivity contribution is -0.109. The number of rotatable bonds is 3. The molecule has 0 spiro atoms. The van der Waals surface area contributed by atoms with Gasteiger partial charge >= 0.3 is 0 Å². The zero-order valence-electron chi connectivity index (χ0n) is 7.82. The van der Waals surface area contributed by atoms with Crippen LogP contribution in [0.25, 0.3) is 6.08 Å². The van der Waals surface area contributed by atoms with E-state index in [0.29, 0.717) is 11.3 Å². The van der Waals surface area contributed by atoms with E-state index >= 15 is 0 Å². The third kappa shape index (κ3) is 3.62. The Kier molecular flexibility index (Phi) is 4.19. The van der Waals surface area contributed by atoms with Gasteiger partial charge in [0.1, 0.15) is 0 Å². The van der Waals surface area contributed by atoms with Crippen molar-refractivity contribution in [1.82, 2.24) is 4.98 Å². The van der Waals surface area contributed by atoms with Crippen molar-refractivity contribution in [2.24, 2.45) is 0 Å². The van der Waals surface area contributed by atoms with Crippen LogP contribution >= 0.6 is 11.8 Å². The molecule has 0 atom stereocenters. The van der Waals surface area contributed by atoms with Gasteiger partial charge in [-0.15, -0.1) is 0 Å². The maximum atomic E-state index is 11.2. The molecule has 3 nitrogen and oxygen atoms in total. The van der Waals surface area contributed by atoms with Gasteiger partial charge in [-0.2, -0.15) is 0 Å². The van der Waals surface area contributed by atoms with Crippen molar-refractivity contribution in [3.63, 3.8) is 0 Å². The van der Waals surface area contributed by atoms with Crippen molar-refractivity contribution < 1.29 is 4.79 Å². The molecule has 14 heavy (non-hydrogen) atoms. The van der Waals surface area contributed by atoms with Crippen molar-refractivity contribution in [2.45, 2.75) is 6.92 Å². The Labute approximate surface area is 86.2 Å². The van der Waals surface area contributed by atoms with Gasteiger partial charge in [-0.25, -0.2) is 0 Å². The molecule has 74 valence electrons. The van der Waals surface area contributed by atoms with Gasteiger partial charge in [-0.05, 0) is 12.1 Å². The number of carbonyl (C=O) groups is 1. The number of hydrogen-bond donors (Lipinski definition) is 1. The van der Waals surface area contributed by atoms with Crippen LogP contribution in [0.1, 0.15) is 12.5 Å². The summed E-state index contributed by atoms with van der Waals surface area (Å²) in [6.45, 7) is 1.52. The molecule has 1 N–H and O–H groups in total. The lowest BCUT2D eigenvalue weighted by Gasteiger charge is -1.90. The van der Waals surface area contributed by atoms with Gasteiger partial charge in [0.15, 0.2) is 5.12 Å². The fraction of sp³-hybridized carbons (Fsp3) is 0.200. The Morgan fingerprint density at radius 1 is 1.64 bits per heavy atom. The Morgan fingerprint density at radius 2 is 2.43 bits per heavy atom. The van der Waals surface area contributed by atoms with Crippen molar-refractivity contribution in [3.8, 4) is 0 Å². The van der Waals surface area contributed by atoms with E-state index in [1.54, 1.807) is 30.5 Å². The molecule has 0 aliphatic carbocycles. The van der Waals surface area contributed by atoms with E-state index in [-0.39, 0.29) is 10.7 Å². The Morgan fingerprint density at radius 3 is 3.07 bits per heavy atom. The van der Waals surface area contributed by atoms with Crippen molar-refractivity contribution >= 4 is 23.0 Å². The van der Waals surface area contributed by atoms with Gasteiger partial charge in [0.05, 0.1) is 0 Å². The highest BCUT2D eigenvalue weighted by molar-refractivity contribution is 8.13. The first-order chi connectivity index (χ1) is 6.70. The summed E-state index contributed by atoms with van der Waals surface area (Å²) in [5.41, 5.74) is 0.494. The molecule has 1 heterocycles. The molecule has 0 unspecified atom stereocenters. The normalized spacial score (nSPS) is 10.6. The molecular formula is C10H11NO2S. The number of nitrogens with one attached hydrogen (secondary N) is 1. The molecule has 0 amide bonds. The third-order valence-corrected chi connectivity index (χ3v) is 2.29. The topological polar surface area (TPSA) is 49.9 Å². The zero-order chi connectivity index (χ0) is 10.4. The number of pyridine rings is 1. The van der Waals surface area contributed by atoms with E-state index in [9.17, 15) is 9.59 Å². The molecular weight excluding hydrogens is 198 g/mol. The minimum atomic E-state index is -0.114. The fourth-order valence-electron chi connectivity index (χ4n) is 0.906. The molecule has 0 saturated carbocycles. The summed E-state index contributed by atoms with van der Waals surface area (Å²) in [4.78, 5) is 24.3. The highest BCUT2D eigenvalue weighted by Gasteiger charge is 1.92. The van der Waals surface area contributed by atoms with E-state index < -0.39 is 0 Å². The summed E-state index contributed by atoms with van der Waals surface area (Å²) in [6.07, 6.45) is 5.11. The highest BCUT2D eigenvalue weighted by atomic mass is 32.2. The number of carbonyl (C=O) groups excluding carboxylic acids is 1. The van der Waals surface area contributed by atoms with E-state index in [0.717, 1.165) is 0 Å². The zero-order valence-corrected chi connectivity index (χ0v) is 8.64. The summed E-state index contributed by atoms with van der Waals surface area (Å²) in [6, 6.07) is 3.49. The number of thioether (sulfide) groups is 1. The average molecular weight is 209 g/mol. The van der Waals surface area contributed by atoms with Gasteiger partial charge in [0.2, 0.25) is 0 Å². The van der Waals surface area contributed by atoms with Gasteiger partial charge in [0, 0.05) is 24.4 Å². The van der Waals surface area contributed by atoms with Crippen LogP contribution in [0.5, 0.6) is 0 Å². The predicted octanol–water partition coefficient (Wildman–Crippen LogP) is 1.67. The van der Waals surface area contributed by atoms with Crippen LogP contribution in [0, 0.1) is 0 Å². The molecule has 0 aliphatic rings. The predicted molar refractivity (Wildman–Crippen MR) is 59.2 cm³/mol. The lowest BCUT2D eigenvalue weighted by Crippen LogP contribution is -2.06. The van der Waals surface area contributed by atoms with E-state index in [4.69, 9.17) is 0 Å². The van der Waals surface area contributed by atoms with Crippen molar-refractivity contribution in [2.75, 3.05) is 5.75 Å². The first kappa shape index (κ1) is 10.8. The van der Waals surface area contributed by atoms with Crippen LogP contribution in [-0.4, -0.2) is 15.9 Å². The van der Waals surface area contributed by atoms with Crippen molar-refractivity contribution in [1.29, 1.82) is 0 Å². The maximum absolute atomic E-state index is 11.2.